The second-order valence-corrected chi connectivity index (χ2v) is 9.06. The minimum Gasteiger partial charge on any atom is -0.389 e. The Bertz CT molecular complexity index is 641. The fourth-order valence-electron chi connectivity index (χ4n) is 3.24. The summed E-state index contributed by atoms with van der Waals surface area (Å²) >= 11 is 6.01. The summed E-state index contributed by atoms with van der Waals surface area (Å²) in [5.74, 6) is 0. The number of nitrogens with two attached hydrogens (primary N) is 1. The summed E-state index contributed by atoms with van der Waals surface area (Å²) in [6.45, 7) is 2.08. The van der Waals surface area contributed by atoms with Crippen LogP contribution in [0.2, 0.25) is 0 Å². The van der Waals surface area contributed by atoms with E-state index in [9.17, 15) is 8.42 Å². The van der Waals surface area contributed by atoms with Crippen LogP contribution in [-0.2, 0) is 10.0 Å². The zero-order chi connectivity index (χ0) is 15.0. The number of nitrogens with one attached hydrogen (secondary N) is 1. The molecule has 1 aromatic heterocycles. The van der Waals surface area contributed by atoms with Crippen molar-refractivity contribution < 1.29 is 8.42 Å². The van der Waals surface area contributed by atoms with Gasteiger partial charge in [0.15, 0.2) is 0 Å². The maximum absolute atomic E-state index is 12.5. The van der Waals surface area contributed by atoms with Gasteiger partial charge in [-0.15, -0.1) is 11.3 Å². The summed E-state index contributed by atoms with van der Waals surface area (Å²) in [5, 5.41) is 0. The zero-order valence-electron chi connectivity index (χ0n) is 11.6. The van der Waals surface area contributed by atoms with Crippen molar-refractivity contribution in [2.24, 2.45) is 5.73 Å². The van der Waals surface area contributed by atoms with Crippen molar-refractivity contribution in [3.63, 3.8) is 0 Å². The van der Waals surface area contributed by atoms with Crippen molar-refractivity contribution in [2.45, 2.75) is 42.0 Å². The first kappa shape index (κ1) is 15.4. The standard InChI is InChI=1S/C13H19N3O2S3/c14-13(19)11-4-5-12(20-11)21(17,18)15-9-6-8-16-7-2-1-3-10(9)16/h4-5,9-10,15H,1-3,6-8H2,(H2,14,19). The summed E-state index contributed by atoms with van der Waals surface area (Å²) in [4.78, 5) is 3.28. The predicted octanol–water partition coefficient (Wildman–Crippen LogP) is 1.29. The Morgan fingerprint density at radius 1 is 1.33 bits per heavy atom. The number of thiocarbonyl (C=S) groups is 1. The molecule has 3 rings (SSSR count). The average Bonchev–Trinajstić information content (AvgIpc) is 3.06. The highest BCUT2D eigenvalue weighted by atomic mass is 32.2. The molecule has 5 nitrogen and oxygen atoms in total. The molecule has 116 valence electrons. The first-order chi connectivity index (χ1) is 9.97. The lowest BCUT2D eigenvalue weighted by Crippen LogP contribution is -2.46. The number of piperidine rings is 1. The summed E-state index contributed by atoms with van der Waals surface area (Å²) in [6.07, 6.45) is 4.37. The third-order valence-corrected chi connectivity index (χ3v) is 7.70. The van der Waals surface area contributed by atoms with Gasteiger partial charge in [0.2, 0.25) is 10.0 Å². The molecule has 8 heteroatoms. The van der Waals surface area contributed by atoms with Gasteiger partial charge in [0.05, 0.1) is 4.88 Å². The van der Waals surface area contributed by atoms with E-state index < -0.39 is 10.0 Å². The topological polar surface area (TPSA) is 75.4 Å². The molecule has 2 saturated heterocycles. The molecule has 2 aliphatic heterocycles. The van der Waals surface area contributed by atoms with Crippen molar-refractivity contribution in [2.75, 3.05) is 13.1 Å². The Hall–Kier alpha value is -0.540. The molecule has 0 spiro atoms. The van der Waals surface area contributed by atoms with Gasteiger partial charge in [-0.1, -0.05) is 18.6 Å². The molecular weight excluding hydrogens is 326 g/mol. The Morgan fingerprint density at radius 3 is 2.86 bits per heavy atom. The number of hydrogen-bond acceptors (Lipinski definition) is 5. The largest absolute Gasteiger partial charge is 0.389 e. The molecule has 3 heterocycles. The lowest BCUT2D eigenvalue weighted by molar-refractivity contribution is 0.186. The smallest absolute Gasteiger partial charge is 0.250 e. The normalized spacial score (nSPS) is 26.7. The quantitative estimate of drug-likeness (QED) is 0.804. The minimum absolute atomic E-state index is 0.0191. The van der Waals surface area contributed by atoms with Crippen LogP contribution in [0.25, 0.3) is 0 Å². The zero-order valence-corrected chi connectivity index (χ0v) is 14.1. The van der Waals surface area contributed by atoms with Gasteiger partial charge in [-0.2, -0.15) is 0 Å². The van der Waals surface area contributed by atoms with Crippen LogP contribution in [0.5, 0.6) is 0 Å². The number of fused-ring (bicyclic) bond motifs is 1. The first-order valence-corrected chi connectivity index (χ1v) is 9.84. The van der Waals surface area contributed by atoms with Gasteiger partial charge in [-0.25, -0.2) is 13.1 Å². The Labute approximate surface area is 134 Å². The van der Waals surface area contributed by atoms with E-state index in [-0.39, 0.29) is 11.0 Å². The van der Waals surface area contributed by atoms with Crippen LogP contribution >= 0.6 is 23.6 Å². The molecular formula is C13H19N3O2S3. The highest BCUT2D eigenvalue weighted by molar-refractivity contribution is 7.91. The molecule has 21 heavy (non-hydrogen) atoms. The van der Waals surface area contributed by atoms with E-state index >= 15 is 0 Å². The van der Waals surface area contributed by atoms with Gasteiger partial charge < -0.3 is 5.73 Å². The van der Waals surface area contributed by atoms with E-state index in [2.05, 4.69) is 9.62 Å². The third-order valence-electron chi connectivity index (χ3n) is 4.25. The van der Waals surface area contributed by atoms with E-state index in [0.29, 0.717) is 15.1 Å². The Kier molecular flexibility index (Phi) is 4.33. The summed E-state index contributed by atoms with van der Waals surface area (Å²) in [6, 6.07) is 3.62. The van der Waals surface area contributed by atoms with Gasteiger partial charge in [0.1, 0.15) is 9.20 Å². The van der Waals surface area contributed by atoms with Crippen LogP contribution < -0.4 is 10.5 Å². The number of rotatable bonds is 4. The number of thiophene rings is 1. The van der Waals surface area contributed by atoms with E-state index in [1.807, 2.05) is 0 Å². The maximum atomic E-state index is 12.5. The molecule has 2 aliphatic rings. The van der Waals surface area contributed by atoms with Gasteiger partial charge in [0.25, 0.3) is 0 Å². The van der Waals surface area contributed by atoms with E-state index in [4.69, 9.17) is 18.0 Å². The SMILES string of the molecule is NC(=S)c1ccc(S(=O)(=O)NC2CCN3CCCCC23)s1. The molecule has 0 aliphatic carbocycles. The van der Waals surface area contributed by atoms with Crippen molar-refractivity contribution in [3.8, 4) is 0 Å². The Balaban J connectivity index is 1.75. The van der Waals surface area contributed by atoms with Crippen LogP contribution in [0.1, 0.15) is 30.6 Å². The van der Waals surface area contributed by atoms with Crippen molar-refractivity contribution in [3.05, 3.63) is 17.0 Å². The van der Waals surface area contributed by atoms with Crippen LogP contribution in [0.4, 0.5) is 0 Å². The summed E-state index contributed by atoms with van der Waals surface area (Å²) in [5.41, 5.74) is 5.54. The lowest BCUT2D eigenvalue weighted by atomic mass is 10.00. The third kappa shape index (κ3) is 3.14. The highest BCUT2D eigenvalue weighted by Gasteiger charge is 2.38. The summed E-state index contributed by atoms with van der Waals surface area (Å²) in [7, 11) is -3.48. The van der Waals surface area contributed by atoms with Crippen molar-refractivity contribution >= 4 is 38.6 Å². The van der Waals surface area contributed by atoms with Crippen LogP contribution in [0, 0.1) is 0 Å². The van der Waals surface area contributed by atoms with Crippen LogP contribution in [0.15, 0.2) is 16.3 Å². The minimum atomic E-state index is -3.48. The van der Waals surface area contributed by atoms with E-state index in [0.717, 1.165) is 37.3 Å². The number of nitrogens with zero attached hydrogens (tertiary/aromatic N) is 1. The molecule has 0 saturated carbocycles. The molecule has 1 aromatic rings. The maximum Gasteiger partial charge on any atom is 0.250 e. The second kappa shape index (κ2) is 5.92. The first-order valence-electron chi connectivity index (χ1n) is 7.13. The molecule has 0 amide bonds. The average molecular weight is 346 g/mol. The lowest BCUT2D eigenvalue weighted by Gasteiger charge is -2.32. The highest BCUT2D eigenvalue weighted by Crippen LogP contribution is 2.29. The fraction of sp³-hybridized carbons (Fsp3) is 0.615. The number of hydrogen-bond donors (Lipinski definition) is 2. The predicted molar refractivity (Wildman–Crippen MR) is 88.1 cm³/mol. The van der Waals surface area contributed by atoms with Gasteiger partial charge >= 0.3 is 0 Å². The van der Waals surface area contributed by atoms with Gasteiger partial charge in [0, 0.05) is 18.6 Å². The molecule has 2 fully saturated rings. The van der Waals surface area contributed by atoms with Crippen molar-refractivity contribution in [1.82, 2.24) is 9.62 Å². The van der Waals surface area contributed by atoms with E-state index in [1.54, 1.807) is 12.1 Å². The van der Waals surface area contributed by atoms with Crippen molar-refractivity contribution in [1.29, 1.82) is 0 Å². The summed E-state index contributed by atoms with van der Waals surface area (Å²) < 4.78 is 28.2. The molecule has 2 atom stereocenters. The van der Waals surface area contributed by atoms with Crippen LogP contribution in [-0.4, -0.2) is 43.5 Å². The van der Waals surface area contributed by atoms with Crippen LogP contribution in [0.3, 0.4) is 0 Å². The van der Waals surface area contributed by atoms with Gasteiger partial charge in [-0.3, -0.25) is 4.90 Å². The molecule has 3 N–H and O–H groups in total. The van der Waals surface area contributed by atoms with E-state index in [1.165, 1.54) is 12.8 Å². The Morgan fingerprint density at radius 2 is 2.14 bits per heavy atom. The molecule has 0 radical (unpaired) electrons. The monoisotopic (exact) mass is 345 g/mol. The fourth-order valence-corrected chi connectivity index (χ4v) is 5.91. The molecule has 2 unspecified atom stereocenters. The second-order valence-electron chi connectivity index (χ2n) is 5.60. The van der Waals surface area contributed by atoms with Gasteiger partial charge in [-0.05, 0) is 37.9 Å². The number of sulfonamides is 1. The molecule has 0 aromatic carbocycles. The molecule has 0 bridgehead atoms.